The van der Waals surface area contributed by atoms with Crippen LogP contribution in [0.3, 0.4) is 0 Å². The lowest BCUT2D eigenvalue weighted by molar-refractivity contribution is -0.139. The van der Waals surface area contributed by atoms with Gasteiger partial charge < -0.3 is 27.8 Å². The zero-order valence-electron chi connectivity index (χ0n) is 20.4. The second-order valence-electron chi connectivity index (χ2n) is 6.52. The van der Waals surface area contributed by atoms with E-state index in [1.165, 1.54) is 13.8 Å². The molecule has 0 aliphatic heterocycles. The van der Waals surface area contributed by atoms with Crippen molar-refractivity contribution in [1.29, 1.82) is 0 Å². The zero-order valence-corrected chi connectivity index (χ0v) is 21.3. The third-order valence-corrected chi connectivity index (χ3v) is 4.98. The first-order valence-electron chi connectivity index (χ1n) is 10.8. The van der Waals surface area contributed by atoms with Crippen LogP contribution in [0, 0.1) is 0 Å². The van der Waals surface area contributed by atoms with Crippen LogP contribution in [0.25, 0.3) is 0 Å². The van der Waals surface area contributed by atoms with E-state index in [2.05, 4.69) is 0 Å². The molecule has 0 heterocycles. The summed E-state index contributed by atoms with van der Waals surface area (Å²) in [6.07, 6.45) is 2.83. The highest BCUT2D eigenvalue weighted by atomic mass is 31.2. The number of rotatable bonds is 15. The highest BCUT2D eigenvalue weighted by molar-refractivity contribution is 7.48. The maximum absolute atomic E-state index is 13.4. The molecule has 0 radical (unpaired) electrons. The SMILES string of the molecule is CCC/C(C(=O)OCC)=C(/CC)OP(=O)(O/C=C(\C)C(=O)OCC)O/C=C(\C)C(=O)OCC. The van der Waals surface area contributed by atoms with E-state index >= 15 is 0 Å². The molecule has 0 spiro atoms. The van der Waals surface area contributed by atoms with Crippen molar-refractivity contribution in [2.75, 3.05) is 19.8 Å². The summed E-state index contributed by atoms with van der Waals surface area (Å²) in [6.45, 7) is 11.7. The summed E-state index contributed by atoms with van der Waals surface area (Å²) < 4.78 is 44.2. The third kappa shape index (κ3) is 11.1. The van der Waals surface area contributed by atoms with Gasteiger partial charge >= 0.3 is 25.7 Å². The van der Waals surface area contributed by atoms with E-state index in [-0.39, 0.29) is 48.7 Å². The normalized spacial score (nSPS) is 12.9. The van der Waals surface area contributed by atoms with Crippen molar-refractivity contribution in [3.63, 3.8) is 0 Å². The molecule has 0 aliphatic rings. The van der Waals surface area contributed by atoms with Crippen molar-refractivity contribution in [2.45, 2.75) is 67.7 Å². The molecular formula is C22H35O10P. The van der Waals surface area contributed by atoms with Gasteiger partial charge in [0.15, 0.2) is 0 Å². The molecular weight excluding hydrogens is 455 g/mol. The Morgan fingerprint density at radius 1 is 0.727 bits per heavy atom. The molecule has 0 saturated heterocycles. The number of phosphoric ester groups is 1. The minimum Gasteiger partial charge on any atom is -0.463 e. The van der Waals surface area contributed by atoms with E-state index in [1.807, 2.05) is 6.92 Å². The Kier molecular flexibility index (Phi) is 14.6. The van der Waals surface area contributed by atoms with Crippen molar-refractivity contribution < 1.29 is 46.7 Å². The summed E-state index contributed by atoms with van der Waals surface area (Å²) in [7, 11) is -4.49. The number of carbonyl (C=O) groups excluding carboxylic acids is 3. The molecule has 33 heavy (non-hydrogen) atoms. The van der Waals surface area contributed by atoms with Gasteiger partial charge in [-0.15, -0.1) is 0 Å². The molecule has 0 amide bonds. The maximum atomic E-state index is 13.4. The van der Waals surface area contributed by atoms with Crippen molar-refractivity contribution in [3.8, 4) is 0 Å². The number of hydrogen-bond donors (Lipinski definition) is 0. The third-order valence-electron chi connectivity index (χ3n) is 3.81. The monoisotopic (exact) mass is 490 g/mol. The van der Waals surface area contributed by atoms with Gasteiger partial charge in [-0.1, -0.05) is 20.3 Å². The van der Waals surface area contributed by atoms with E-state index in [1.54, 1.807) is 27.7 Å². The topological polar surface area (TPSA) is 124 Å². The highest BCUT2D eigenvalue weighted by Gasteiger charge is 2.33. The van der Waals surface area contributed by atoms with Crippen LogP contribution in [0.4, 0.5) is 0 Å². The second kappa shape index (κ2) is 16.0. The lowest BCUT2D eigenvalue weighted by Gasteiger charge is -2.20. The van der Waals surface area contributed by atoms with Crippen molar-refractivity contribution in [2.24, 2.45) is 0 Å². The minimum atomic E-state index is -4.49. The first kappa shape index (κ1) is 30.3. The number of phosphoric acid groups is 1. The maximum Gasteiger partial charge on any atom is 0.645 e. The molecule has 0 fully saturated rings. The van der Waals surface area contributed by atoms with Crippen LogP contribution in [0.15, 0.2) is 35.0 Å². The van der Waals surface area contributed by atoms with E-state index in [9.17, 15) is 18.9 Å². The lowest BCUT2D eigenvalue weighted by atomic mass is 10.1. The Balaban J connectivity index is 6.18. The fraction of sp³-hybridized carbons (Fsp3) is 0.591. The average molecular weight is 490 g/mol. The van der Waals surface area contributed by atoms with Crippen LogP contribution in [-0.4, -0.2) is 37.7 Å². The first-order valence-corrected chi connectivity index (χ1v) is 12.3. The summed E-state index contributed by atoms with van der Waals surface area (Å²) in [4.78, 5) is 36.1. The summed E-state index contributed by atoms with van der Waals surface area (Å²) in [5, 5.41) is 0. The van der Waals surface area contributed by atoms with E-state index in [0.29, 0.717) is 12.8 Å². The predicted octanol–water partition coefficient (Wildman–Crippen LogP) is 5.11. The largest absolute Gasteiger partial charge is 0.645 e. The zero-order chi connectivity index (χ0) is 25.4. The number of esters is 3. The Hall–Kier alpha value is -2.74. The fourth-order valence-electron chi connectivity index (χ4n) is 2.23. The first-order chi connectivity index (χ1) is 15.6. The number of allylic oxidation sites excluding steroid dienone is 1. The number of ether oxygens (including phenoxy) is 3. The molecule has 0 aromatic carbocycles. The summed E-state index contributed by atoms with van der Waals surface area (Å²) in [6, 6.07) is 0. The molecule has 188 valence electrons. The average Bonchev–Trinajstić information content (AvgIpc) is 2.78. The van der Waals surface area contributed by atoms with Gasteiger partial charge in [0.2, 0.25) is 0 Å². The molecule has 0 unspecified atom stereocenters. The molecule has 10 nitrogen and oxygen atoms in total. The summed E-state index contributed by atoms with van der Waals surface area (Å²) in [5.74, 6) is -1.94. The molecule has 0 saturated carbocycles. The van der Waals surface area contributed by atoms with Crippen molar-refractivity contribution >= 4 is 25.7 Å². The van der Waals surface area contributed by atoms with Gasteiger partial charge in [0.25, 0.3) is 0 Å². The molecule has 0 rings (SSSR count). The van der Waals surface area contributed by atoms with Gasteiger partial charge in [-0.25, -0.2) is 14.4 Å². The van der Waals surface area contributed by atoms with Crippen molar-refractivity contribution in [1.82, 2.24) is 0 Å². The fourth-order valence-corrected chi connectivity index (χ4v) is 3.45. The molecule has 11 heteroatoms. The van der Waals surface area contributed by atoms with Crippen LogP contribution in [0.5, 0.6) is 0 Å². The van der Waals surface area contributed by atoms with Gasteiger partial charge in [-0.2, -0.15) is 4.57 Å². The molecule has 0 bridgehead atoms. The van der Waals surface area contributed by atoms with Crippen LogP contribution >= 0.6 is 7.82 Å². The van der Waals surface area contributed by atoms with E-state index < -0.39 is 25.7 Å². The lowest BCUT2D eigenvalue weighted by Crippen LogP contribution is -2.12. The van der Waals surface area contributed by atoms with Crippen LogP contribution in [0.2, 0.25) is 0 Å². The number of hydrogen-bond acceptors (Lipinski definition) is 10. The number of carbonyl (C=O) groups is 3. The van der Waals surface area contributed by atoms with Crippen LogP contribution in [-0.2, 0) is 46.7 Å². The van der Waals surface area contributed by atoms with Gasteiger partial charge in [0, 0.05) is 6.42 Å². The quantitative estimate of drug-likeness (QED) is 0.101. The van der Waals surface area contributed by atoms with Crippen LogP contribution < -0.4 is 0 Å². The smallest absolute Gasteiger partial charge is 0.463 e. The Bertz CT molecular complexity index is 770. The molecule has 0 aliphatic carbocycles. The van der Waals surface area contributed by atoms with Gasteiger partial charge in [0.05, 0.1) is 36.5 Å². The molecule has 0 N–H and O–H groups in total. The molecule has 0 aromatic heterocycles. The van der Waals surface area contributed by atoms with E-state index in [4.69, 9.17) is 27.8 Å². The predicted molar refractivity (Wildman–Crippen MR) is 120 cm³/mol. The molecule has 0 aromatic rings. The second-order valence-corrected chi connectivity index (χ2v) is 8.02. The Labute approximate surface area is 195 Å². The summed E-state index contributed by atoms with van der Waals surface area (Å²) in [5.41, 5.74) is 0.180. The minimum absolute atomic E-state index is 0.00317. The van der Waals surface area contributed by atoms with Gasteiger partial charge in [-0.3, -0.25) is 0 Å². The van der Waals surface area contributed by atoms with Crippen molar-refractivity contribution in [3.05, 3.63) is 35.0 Å². The van der Waals surface area contributed by atoms with E-state index in [0.717, 1.165) is 12.5 Å². The Morgan fingerprint density at radius 2 is 1.15 bits per heavy atom. The highest BCUT2D eigenvalue weighted by Crippen LogP contribution is 2.53. The van der Waals surface area contributed by atoms with Crippen LogP contribution in [0.1, 0.15) is 67.7 Å². The van der Waals surface area contributed by atoms with Gasteiger partial charge in [0.1, 0.15) is 18.3 Å². The summed E-state index contributed by atoms with van der Waals surface area (Å²) >= 11 is 0. The van der Waals surface area contributed by atoms with Gasteiger partial charge in [-0.05, 0) is 41.0 Å². The Morgan fingerprint density at radius 3 is 1.52 bits per heavy atom. The standard InChI is InChI=1S/C22H35O10P/c1-8-13-18(22(25)29-12-5)19(9-2)32-33(26,30-14-16(6)20(23)27-10-3)31-15-17(7)21(24)28-11-4/h14-15H,8-13H2,1-7H3/b16-14+,17-15+,19-18+. The molecule has 0 atom stereocenters.